The van der Waals surface area contributed by atoms with Crippen molar-refractivity contribution in [2.45, 2.75) is 30.0 Å². The highest BCUT2D eigenvalue weighted by molar-refractivity contribution is 8.26. The summed E-state index contributed by atoms with van der Waals surface area (Å²) in [7, 11) is 4.10. The molecule has 2 atom stereocenters. The van der Waals surface area contributed by atoms with Gasteiger partial charge in [-0.15, -0.1) is 0 Å². The molecule has 1 N–H and O–H groups in total. The van der Waals surface area contributed by atoms with Crippen molar-refractivity contribution in [2.75, 3.05) is 33.8 Å². The highest BCUT2D eigenvalue weighted by Gasteiger charge is 2.55. The van der Waals surface area contributed by atoms with Crippen molar-refractivity contribution in [1.29, 1.82) is 0 Å². The van der Waals surface area contributed by atoms with E-state index < -0.39 is 16.8 Å². The van der Waals surface area contributed by atoms with E-state index in [1.54, 1.807) is 0 Å². The van der Waals surface area contributed by atoms with Gasteiger partial charge in [0.1, 0.15) is 4.87 Å². The predicted molar refractivity (Wildman–Crippen MR) is 118 cm³/mol. The Morgan fingerprint density at radius 1 is 1.28 bits per heavy atom. The Hall–Kier alpha value is -1.19. The molecule has 0 amide bonds. The molecule has 2 aliphatic heterocycles. The van der Waals surface area contributed by atoms with Crippen molar-refractivity contribution in [2.24, 2.45) is 0 Å². The highest BCUT2D eigenvalue weighted by Crippen LogP contribution is 2.59. The third-order valence-corrected chi connectivity index (χ3v) is 8.89. The van der Waals surface area contributed by atoms with Gasteiger partial charge in [0, 0.05) is 24.5 Å². The number of hydrogen-bond acceptors (Lipinski definition) is 7. The van der Waals surface area contributed by atoms with Gasteiger partial charge in [0.15, 0.2) is 5.57 Å². The standard InChI is InChI=1S/C20H25ClN2O4S2/c1-4-11-27-17(26)15(16(24)25)18-28-19-20(29-18,23(3)10-9-22(19)2)12-13-5-7-14(21)8-6-13/h5-8,19H,4,9-12H2,1-3H3,(H,24,25). The largest absolute Gasteiger partial charge is 0.477 e. The van der Waals surface area contributed by atoms with Gasteiger partial charge < -0.3 is 9.84 Å². The second kappa shape index (κ2) is 9.31. The topological polar surface area (TPSA) is 70.1 Å². The number of aliphatic carboxylic acids is 1. The van der Waals surface area contributed by atoms with E-state index in [0.717, 1.165) is 18.7 Å². The summed E-state index contributed by atoms with van der Waals surface area (Å²) in [5.41, 5.74) is 0.849. The lowest BCUT2D eigenvalue weighted by atomic mass is 10.0. The highest BCUT2D eigenvalue weighted by atomic mass is 35.5. The SMILES string of the molecule is CCCOC(=O)C(C(=O)O)=C1SC2N(C)CCN(C)C2(Cc2ccc(Cl)cc2)S1. The van der Waals surface area contributed by atoms with Crippen LogP contribution in [-0.4, -0.2) is 70.9 Å². The Morgan fingerprint density at radius 2 is 1.97 bits per heavy atom. The van der Waals surface area contributed by atoms with E-state index in [1.807, 2.05) is 38.2 Å². The van der Waals surface area contributed by atoms with Gasteiger partial charge in [0.25, 0.3) is 0 Å². The third kappa shape index (κ3) is 4.61. The quantitative estimate of drug-likeness (QED) is 0.302. The van der Waals surface area contributed by atoms with E-state index >= 15 is 0 Å². The summed E-state index contributed by atoms with van der Waals surface area (Å²) in [6.07, 6.45) is 1.34. The number of benzene rings is 1. The number of carboxylic acid groups (broad SMARTS) is 1. The van der Waals surface area contributed by atoms with Crippen LogP contribution in [0.4, 0.5) is 0 Å². The normalized spacial score (nSPS) is 26.8. The van der Waals surface area contributed by atoms with Crippen LogP contribution in [0.15, 0.2) is 34.1 Å². The molecule has 2 heterocycles. The van der Waals surface area contributed by atoms with Gasteiger partial charge in [-0.3, -0.25) is 9.80 Å². The number of esters is 1. The smallest absolute Gasteiger partial charge is 0.347 e. The molecular weight excluding hydrogens is 432 g/mol. The van der Waals surface area contributed by atoms with Gasteiger partial charge in [-0.1, -0.05) is 54.2 Å². The molecule has 0 saturated carbocycles. The van der Waals surface area contributed by atoms with Crippen LogP contribution in [0.25, 0.3) is 0 Å². The zero-order valence-electron chi connectivity index (χ0n) is 16.7. The van der Waals surface area contributed by atoms with Crippen molar-refractivity contribution in [3.63, 3.8) is 0 Å². The van der Waals surface area contributed by atoms with Crippen LogP contribution in [0, 0.1) is 0 Å². The second-order valence-corrected chi connectivity index (χ2v) is 10.3. The Bertz CT molecular complexity index is 817. The number of ether oxygens (including phenoxy) is 1. The van der Waals surface area contributed by atoms with Crippen molar-refractivity contribution >= 4 is 47.1 Å². The fourth-order valence-corrected chi connectivity index (χ4v) is 7.43. The number of piperazine rings is 1. The molecule has 29 heavy (non-hydrogen) atoms. The van der Waals surface area contributed by atoms with Crippen LogP contribution >= 0.6 is 35.1 Å². The molecule has 0 aliphatic carbocycles. The molecule has 0 aromatic heterocycles. The van der Waals surface area contributed by atoms with Crippen LogP contribution in [0.2, 0.25) is 5.02 Å². The maximum Gasteiger partial charge on any atom is 0.347 e. The molecular formula is C20H25ClN2O4S2. The van der Waals surface area contributed by atoms with Gasteiger partial charge in [-0.25, -0.2) is 9.59 Å². The Kier molecular flexibility index (Phi) is 7.22. The van der Waals surface area contributed by atoms with Gasteiger partial charge >= 0.3 is 11.9 Å². The molecule has 2 aliphatic rings. The number of carbonyl (C=O) groups excluding carboxylic acids is 1. The average molecular weight is 457 g/mol. The summed E-state index contributed by atoms with van der Waals surface area (Å²) in [6.45, 7) is 3.80. The van der Waals surface area contributed by atoms with Crippen molar-refractivity contribution < 1.29 is 19.4 Å². The molecule has 1 aromatic carbocycles. The third-order valence-electron chi connectivity index (χ3n) is 5.14. The summed E-state index contributed by atoms with van der Waals surface area (Å²) >= 11 is 8.95. The second-order valence-electron chi connectivity index (χ2n) is 7.23. The molecule has 0 spiro atoms. The summed E-state index contributed by atoms with van der Waals surface area (Å²) in [4.78, 5) is 28.5. The first-order chi connectivity index (χ1) is 13.8. The van der Waals surface area contributed by atoms with Crippen molar-refractivity contribution in [3.05, 3.63) is 44.7 Å². The minimum absolute atomic E-state index is 0.00486. The van der Waals surface area contributed by atoms with E-state index in [1.165, 1.54) is 23.5 Å². The summed E-state index contributed by atoms with van der Waals surface area (Å²) < 4.78 is 5.66. The molecule has 6 nitrogen and oxygen atoms in total. The first-order valence-electron chi connectivity index (χ1n) is 9.44. The predicted octanol–water partition coefficient (Wildman–Crippen LogP) is 3.51. The van der Waals surface area contributed by atoms with Gasteiger partial charge in [-0.05, 0) is 38.2 Å². The van der Waals surface area contributed by atoms with Gasteiger partial charge in [-0.2, -0.15) is 0 Å². The number of halogens is 1. The van der Waals surface area contributed by atoms with Crippen molar-refractivity contribution in [3.8, 4) is 0 Å². The lowest BCUT2D eigenvalue weighted by Crippen LogP contribution is -2.62. The lowest BCUT2D eigenvalue weighted by Gasteiger charge is -2.49. The van der Waals surface area contributed by atoms with Crippen LogP contribution in [0.1, 0.15) is 18.9 Å². The zero-order chi connectivity index (χ0) is 21.2. The van der Waals surface area contributed by atoms with Crippen LogP contribution in [0.3, 0.4) is 0 Å². The minimum Gasteiger partial charge on any atom is -0.477 e. The first kappa shape index (κ1) is 22.5. The number of fused-ring (bicyclic) bond motifs is 1. The molecule has 9 heteroatoms. The minimum atomic E-state index is -1.24. The van der Waals surface area contributed by atoms with Crippen molar-refractivity contribution in [1.82, 2.24) is 9.80 Å². The Balaban J connectivity index is 2.01. The molecule has 3 rings (SSSR count). The summed E-state index contributed by atoms with van der Waals surface area (Å²) in [5.74, 6) is -2.01. The van der Waals surface area contributed by atoms with E-state index in [2.05, 4.69) is 16.8 Å². The van der Waals surface area contributed by atoms with E-state index in [0.29, 0.717) is 22.1 Å². The average Bonchev–Trinajstić information content (AvgIpc) is 3.06. The van der Waals surface area contributed by atoms with Gasteiger partial charge in [0.05, 0.1) is 16.2 Å². The number of hydrogen-bond donors (Lipinski definition) is 1. The lowest BCUT2D eigenvalue weighted by molar-refractivity contribution is -0.144. The number of carboxylic acids is 1. The van der Waals surface area contributed by atoms with Gasteiger partial charge in [0.2, 0.25) is 0 Å². The fourth-order valence-electron chi connectivity index (χ4n) is 3.53. The molecule has 0 radical (unpaired) electrons. The zero-order valence-corrected chi connectivity index (χ0v) is 19.1. The van der Waals surface area contributed by atoms with E-state index in [-0.39, 0.29) is 17.6 Å². The summed E-state index contributed by atoms with van der Waals surface area (Å²) in [6, 6.07) is 7.72. The van der Waals surface area contributed by atoms with Crippen LogP contribution < -0.4 is 0 Å². The monoisotopic (exact) mass is 456 g/mol. The number of thioether (sulfide) groups is 2. The molecule has 1 aromatic rings. The molecule has 2 fully saturated rings. The van der Waals surface area contributed by atoms with E-state index in [9.17, 15) is 14.7 Å². The number of likely N-dealkylation sites (N-methyl/N-ethyl adjacent to an activating group) is 2. The first-order valence-corrected chi connectivity index (χ1v) is 11.5. The number of nitrogens with zero attached hydrogens (tertiary/aromatic N) is 2. The summed E-state index contributed by atoms with van der Waals surface area (Å²) in [5, 5.41) is 10.4. The Labute approximate surface area is 184 Å². The number of carbonyl (C=O) groups is 2. The molecule has 2 saturated heterocycles. The Morgan fingerprint density at radius 3 is 2.59 bits per heavy atom. The molecule has 2 unspecified atom stereocenters. The van der Waals surface area contributed by atoms with Crippen LogP contribution in [0.5, 0.6) is 0 Å². The van der Waals surface area contributed by atoms with Crippen LogP contribution in [-0.2, 0) is 20.7 Å². The maximum atomic E-state index is 12.5. The number of rotatable bonds is 6. The van der Waals surface area contributed by atoms with E-state index in [4.69, 9.17) is 16.3 Å². The fraction of sp³-hybridized carbons (Fsp3) is 0.500. The molecule has 158 valence electrons. The maximum absolute atomic E-state index is 12.5. The molecule has 0 bridgehead atoms.